The van der Waals surface area contributed by atoms with Crippen molar-refractivity contribution in [2.75, 3.05) is 13.7 Å². The maximum Gasteiger partial charge on any atom is 0.266 e. The molecule has 0 spiro atoms. The lowest BCUT2D eigenvalue weighted by Crippen LogP contribution is -2.40. The molecular weight excluding hydrogens is 346 g/mol. The van der Waals surface area contributed by atoms with Crippen LogP contribution in [0.15, 0.2) is 41.3 Å². The number of hydrogen-bond donors (Lipinski definition) is 0. The standard InChI is InChI=1S/C17H13NO4S2/c1-22-13-7-6-10(11-4-2-3-5-12(11)13)8-14-16(21)18(9-15(19)20)17(23)24-14/h2-8H,9H2,1H3,(H,19,20)/p-1/b14-8-. The van der Waals surface area contributed by atoms with Crippen molar-refractivity contribution in [3.8, 4) is 5.75 Å². The van der Waals surface area contributed by atoms with Crippen LogP contribution in [0.2, 0.25) is 0 Å². The van der Waals surface area contributed by atoms with Crippen LogP contribution >= 0.6 is 24.0 Å². The number of methoxy groups -OCH3 is 1. The Morgan fingerprint density at radius 3 is 2.67 bits per heavy atom. The van der Waals surface area contributed by atoms with E-state index in [0.717, 1.165) is 38.7 Å². The molecule has 1 fully saturated rings. The highest BCUT2D eigenvalue weighted by Gasteiger charge is 2.32. The Balaban J connectivity index is 2.04. The van der Waals surface area contributed by atoms with Crippen molar-refractivity contribution in [1.29, 1.82) is 0 Å². The molecule has 0 unspecified atom stereocenters. The van der Waals surface area contributed by atoms with Crippen LogP contribution in [0.1, 0.15) is 5.56 Å². The van der Waals surface area contributed by atoms with Crippen molar-refractivity contribution in [3.63, 3.8) is 0 Å². The average molecular weight is 358 g/mol. The Morgan fingerprint density at radius 1 is 1.29 bits per heavy atom. The van der Waals surface area contributed by atoms with Gasteiger partial charge in [0.1, 0.15) is 10.1 Å². The maximum absolute atomic E-state index is 12.3. The Morgan fingerprint density at radius 2 is 2.00 bits per heavy atom. The van der Waals surface area contributed by atoms with Gasteiger partial charge in [0.25, 0.3) is 5.91 Å². The number of nitrogens with zero attached hydrogens (tertiary/aromatic N) is 1. The summed E-state index contributed by atoms with van der Waals surface area (Å²) < 4.78 is 5.57. The Labute approximate surface area is 147 Å². The topological polar surface area (TPSA) is 69.7 Å². The van der Waals surface area contributed by atoms with Crippen molar-refractivity contribution in [2.45, 2.75) is 0 Å². The van der Waals surface area contributed by atoms with E-state index in [2.05, 4.69) is 0 Å². The molecule has 0 atom stereocenters. The molecule has 122 valence electrons. The van der Waals surface area contributed by atoms with E-state index in [1.165, 1.54) is 0 Å². The van der Waals surface area contributed by atoms with Gasteiger partial charge in [-0.2, -0.15) is 0 Å². The number of hydrogen-bond acceptors (Lipinski definition) is 6. The summed E-state index contributed by atoms with van der Waals surface area (Å²) in [5.41, 5.74) is 0.834. The third kappa shape index (κ3) is 3.00. The van der Waals surface area contributed by atoms with E-state index >= 15 is 0 Å². The van der Waals surface area contributed by atoms with Crippen molar-refractivity contribution in [3.05, 3.63) is 46.9 Å². The Kier molecular flexibility index (Phi) is 4.55. The molecule has 0 saturated carbocycles. The number of carboxylic acids is 1. The molecular formula is C17H12NO4S2-. The largest absolute Gasteiger partial charge is 0.548 e. The number of thiocarbonyl (C=S) groups is 1. The van der Waals surface area contributed by atoms with E-state index in [9.17, 15) is 14.7 Å². The number of amides is 1. The maximum atomic E-state index is 12.3. The molecule has 0 bridgehead atoms. The zero-order valence-corrected chi connectivity index (χ0v) is 14.3. The lowest BCUT2D eigenvalue weighted by atomic mass is 10.0. The van der Waals surface area contributed by atoms with Crippen molar-refractivity contribution in [1.82, 2.24) is 4.90 Å². The van der Waals surface area contributed by atoms with Gasteiger partial charge < -0.3 is 14.6 Å². The summed E-state index contributed by atoms with van der Waals surface area (Å²) in [7, 11) is 1.60. The predicted molar refractivity (Wildman–Crippen MR) is 95.4 cm³/mol. The quantitative estimate of drug-likeness (QED) is 0.613. The summed E-state index contributed by atoms with van der Waals surface area (Å²) in [6, 6.07) is 11.4. The number of thioether (sulfide) groups is 1. The first-order valence-corrected chi connectivity index (χ1v) is 8.24. The second-order valence-corrected chi connectivity index (χ2v) is 6.72. The van der Waals surface area contributed by atoms with Crippen LogP contribution in [-0.4, -0.2) is 34.8 Å². The SMILES string of the molecule is COc1ccc(/C=C2\SC(=S)N(CC(=O)[O-])C2=O)c2ccccc12. The molecule has 3 rings (SSSR count). The number of benzene rings is 2. The predicted octanol–water partition coefficient (Wildman–Crippen LogP) is 1.80. The number of fused-ring (bicyclic) bond motifs is 1. The van der Waals surface area contributed by atoms with E-state index in [1.807, 2.05) is 36.4 Å². The fourth-order valence-corrected chi connectivity index (χ4v) is 3.75. The van der Waals surface area contributed by atoms with Crippen LogP contribution in [0.3, 0.4) is 0 Å². The summed E-state index contributed by atoms with van der Waals surface area (Å²) in [5.74, 6) is -1.02. The van der Waals surface area contributed by atoms with Crippen LogP contribution in [0.4, 0.5) is 0 Å². The number of aliphatic carboxylic acids is 1. The summed E-state index contributed by atoms with van der Waals surface area (Å²) >= 11 is 6.16. The molecule has 24 heavy (non-hydrogen) atoms. The third-order valence-electron chi connectivity index (χ3n) is 3.59. The fourth-order valence-electron chi connectivity index (χ4n) is 2.51. The van der Waals surface area contributed by atoms with Gasteiger partial charge in [-0.05, 0) is 23.1 Å². The molecule has 0 N–H and O–H groups in total. The number of carbonyl (C=O) groups is 2. The third-order valence-corrected chi connectivity index (χ3v) is 4.96. The van der Waals surface area contributed by atoms with Gasteiger partial charge in [0.05, 0.1) is 24.5 Å². The molecule has 2 aromatic carbocycles. The van der Waals surface area contributed by atoms with Crippen molar-refractivity contribution in [2.24, 2.45) is 0 Å². The first-order chi connectivity index (χ1) is 11.5. The molecule has 1 amide bonds. The summed E-state index contributed by atoms with van der Waals surface area (Å²) in [4.78, 5) is 24.5. The minimum absolute atomic E-state index is 0.216. The van der Waals surface area contributed by atoms with Gasteiger partial charge in [0.2, 0.25) is 0 Å². The van der Waals surface area contributed by atoms with Crippen LogP contribution in [0, 0.1) is 0 Å². The zero-order valence-electron chi connectivity index (χ0n) is 12.6. The van der Waals surface area contributed by atoms with Gasteiger partial charge >= 0.3 is 0 Å². The van der Waals surface area contributed by atoms with E-state index in [0.29, 0.717) is 4.91 Å². The van der Waals surface area contributed by atoms with E-state index < -0.39 is 18.4 Å². The number of rotatable bonds is 4. The zero-order chi connectivity index (χ0) is 17.3. The lowest BCUT2D eigenvalue weighted by Gasteiger charge is -2.14. The van der Waals surface area contributed by atoms with Gasteiger partial charge in [0, 0.05) is 5.39 Å². The van der Waals surface area contributed by atoms with Crippen molar-refractivity contribution < 1.29 is 19.4 Å². The number of carboxylic acid groups (broad SMARTS) is 1. The van der Waals surface area contributed by atoms with Gasteiger partial charge in [-0.15, -0.1) is 0 Å². The minimum Gasteiger partial charge on any atom is -0.548 e. The molecule has 1 aliphatic heterocycles. The first kappa shape index (κ1) is 16.5. The second kappa shape index (κ2) is 6.62. The number of ether oxygens (including phenoxy) is 1. The van der Waals surface area contributed by atoms with Crippen LogP contribution in [0.25, 0.3) is 16.8 Å². The van der Waals surface area contributed by atoms with Crippen LogP contribution < -0.4 is 9.84 Å². The number of carbonyl (C=O) groups excluding carboxylic acids is 2. The van der Waals surface area contributed by atoms with Gasteiger partial charge in [-0.3, -0.25) is 9.69 Å². The first-order valence-electron chi connectivity index (χ1n) is 7.02. The molecule has 7 heteroatoms. The monoisotopic (exact) mass is 358 g/mol. The normalized spacial score (nSPS) is 16.2. The molecule has 0 aliphatic carbocycles. The van der Waals surface area contributed by atoms with Crippen LogP contribution in [-0.2, 0) is 9.59 Å². The molecule has 1 heterocycles. The highest BCUT2D eigenvalue weighted by Crippen LogP contribution is 2.35. The van der Waals surface area contributed by atoms with Crippen LogP contribution in [0.5, 0.6) is 5.75 Å². The molecule has 0 aromatic heterocycles. The fraction of sp³-hybridized carbons (Fsp3) is 0.118. The Bertz CT molecular complexity index is 891. The van der Waals surface area contributed by atoms with E-state index in [4.69, 9.17) is 17.0 Å². The summed E-state index contributed by atoms with van der Waals surface area (Å²) in [6.45, 7) is -0.536. The minimum atomic E-state index is -1.34. The lowest BCUT2D eigenvalue weighted by molar-refractivity contribution is -0.305. The molecule has 0 radical (unpaired) electrons. The van der Waals surface area contributed by atoms with E-state index in [1.54, 1.807) is 13.2 Å². The summed E-state index contributed by atoms with van der Waals surface area (Å²) in [5, 5.41) is 12.6. The van der Waals surface area contributed by atoms with Gasteiger partial charge in [-0.1, -0.05) is 54.3 Å². The van der Waals surface area contributed by atoms with Gasteiger partial charge in [-0.25, -0.2) is 0 Å². The second-order valence-electron chi connectivity index (χ2n) is 5.04. The van der Waals surface area contributed by atoms with E-state index in [-0.39, 0.29) is 4.32 Å². The van der Waals surface area contributed by atoms with Crippen molar-refractivity contribution >= 4 is 57.0 Å². The average Bonchev–Trinajstić information content (AvgIpc) is 2.82. The van der Waals surface area contributed by atoms with Gasteiger partial charge in [0.15, 0.2) is 0 Å². The highest BCUT2D eigenvalue weighted by atomic mass is 32.2. The smallest absolute Gasteiger partial charge is 0.266 e. The molecule has 1 aliphatic rings. The Hall–Kier alpha value is -2.38. The highest BCUT2D eigenvalue weighted by molar-refractivity contribution is 8.26. The molecule has 1 saturated heterocycles. The molecule has 2 aromatic rings. The summed E-state index contributed by atoms with van der Waals surface area (Å²) in [6.07, 6.45) is 1.72. The molecule has 5 nitrogen and oxygen atoms in total.